The third-order valence-corrected chi connectivity index (χ3v) is 7.20. The van der Waals surface area contributed by atoms with Gasteiger partial charge in [0.1, 0.15) is 0 Å². The quantitative estimate of drug-likeness (QED) is 0.735. The van der Waals surface area contributed by atoms with Crippen LogP contribution in [0.2, 0.25) is 0 Å². The summed E-state index contributed by atoms with van der Waals surface area (Å²) in [5, 5.41) is 5.67. The molecule has 0 bridgehead atoms. The highest BCUT2D eigenvalue weighted by Gasteiger charge is 2.30. The molecule has 0 fully saturated rings. The molecule has 7 heteroatoms. The maximum Gasteiger partial charge on any atom is 0.252 e. The molecule has 0 N–H and O–H groups in total. The van der Waals surface area contributed by atoms with Gasteiger partial charge in [-0.1, -0.05) is 33.7 Å². The van der Waals surface area contributed by atoms with Crippen LogP contribution in [-0.4, -0.2) is 55.7 Å². The Bertz CT molecular complexity index is 1110. The average molecular weight is 405 g/mol. The summed E-state index contributed by atoms with van der Waals surface area (Å²) in [6, 6.07) is 2.01. The zero-order chi connectivity index (χ0) is 20.0. The number of aromatic nitrogens is 3. The normalized spacial score (nSPS) is 23.2. The van der Waals surface area contributed by atoms with E-state index in [2.05, 4.69) is 40.1 Å². The number of likely N-dealkylation sites (N-methyl/N-ethyl adjacent to an activating group) is 1. The average Bonchev–Trinajstić information content (AvgIpc) is 3.17. The molecular formula is C22H24N5OP. The van der Waals surface area contributed by atoms with Gasteiger partial charge < -0.3 is 4.90 Å². The Hall–Kier alpha value is -2.56. The van der Waals surface area contributed by atoms with Crippen molar-refractivity contribution in [1.82, 2.24) is 24.4 Å². The molecule has 1 amide bonds. The number of carbonyl (C=O) groups is 1. The Morgan fingerprint density at radius 2 is 2.24 bits per heavy atom. The van der Waals surface area contributed by atoms with Crippen LogP contribution in [0.1, 0.15) is 24.7 Å². The smallest absolute Gasteiger partial charge is 0.252 e. The maximum absolute atomic E-state index is 12.9. The molecule has 0 aliphatic carbocycles. The van der Waals surface area contributed by atoms with E-state index in [1.807, 2.05) is 41.0 Å². The topological polar surface area (TPSA) is 53.7 Å². The maximum atomic E-state index is 12.9. The van der Waals surface area contributed by atoms with Crippen LogP contribution in [0.25, 0.3) is 10.8 Å². The predicted octanol–water partition coefficient (Wildman–Crippen LogP) is 3.33. The van der Waals surface area contributed by atoms with Crippen LogP contribution in [-0.2, 0) is 4.79 Å². The lowest BCUT2D eigenvalue weighted by molar-refractivity contribution is -0.123. The van der Waals surface area contributed by atoms with Crippen LogP contribution in [0, 0.1) is 6.92 Å². The minimum Gasteiger partial charge on any atom is -0.304 e. The second-order valence-corrected chi connectivity index (χ2v) is 9.06. The molecule has 2 aromatic heterocycles. The SMILES string of the molecule is CCN1CC=C(C2=CN3C(=O)C=C(c4cc5cnc(C)cn5n4)PC3C=C2)CC1. The number of aryl methyl sites for hydroxylation is 1. The van der Waals surface area contributed by atoms with E-state index in [1.165, 1.54) is 11.1 Å². The molecule has 6 nitrogen and oxygen atoms in total. The molecule has 0 saturated heterocycles. The largest absolute Gasteiger partial charge is 0.304 e. The van der Waals surface area contributed by atoms with Gasteiger partial charge >= 0.3 is 0 Å². The summed E-state index contributed by atoms with van der Waals surface area (Å²) in [6.45, 7) is 7.29. The highest BCUT2D eigenvalue weighted by Crippen LogP contribution is 2.44. The number of hydrogen-bond acceptors (Lipinski definition) is 4. The van der Waals surface area contributed by atoms with Gasteiger partial charge in [-0.15, -0.1) is 0 Å². The summed E-state index contributed by atoms with van der Waals surface area (Å²) in [4.78, 5) is 21.5. The highest BCUT2D eigenvalue weighted by molar-refractivity contribution is 7.51. The summed E-state index contributed by atoms with van der Waals surface area (Å²) in [5.41, 5.74) is 5.24. The van der Waals surface area contributed by atoms with E-state index in [-0.39, 0.29) is 11.7 Å². The summed E-state index contributed by atoms with van der Waals surface area (Å²) in [5.74, 6) is 0.107. The van der Waals surface area contributed by atoms with E-state index < -0.39 is 0 Å². The lowest BCUT2D eigenvalue weighted by Gasteiger charge is -2.34. The van der Waals surface area contributed by atoms with Crippen LogP contribution in [0.15, 0.2) is 60.1 Å². The van der Waals surface area contributed by atoms with Gasteiger partial charge in [-0.05, 0) is 37.1 Å². The van der Waals surface area contributed by atoms with E-state index in [0.717, 1.165) is 48.3 Å². The summed E-state index contributed by atoms with van der Waals surface area (Å²) in [6.07, 6.45) is 15.2. The molecule has 2 atom stereocenters. The first-order chi connectivity index (χ1) is 14.1. The first-order valence-electron chi connectivity index (χ1n) is 10.1. The van der Waals surface area contributed by atoms with Crippen molar-refractivity contribution in [2.75, 3.05) is 19.6 Å². The van der Waals surface area contributed by atoms with Crippen molar-refractivity contribution in [3.8, 4) is 0 Å². The Morgan fingerprint density at radius 3 is 3.03 bits per heavy atom. The number of carbonyl (C=O) groups excluding carboxylic acids is 1. The first kappa shape index (κ1) is 18.5. The fourth-order valence-electron chi connectivity index (χ4n) is 4.00. The fourth-order valence-corrected chi connectivity index (χ4v) is 5.32. The lowest BCUT2D eigenvalue weighted by Crippen LogP contribution is -2.36. The molecule has 0 spiro atoms. The molecule has 3 aliphatic heterocycles. The fraction of sp³-hybridized carbons (Fsp3) is 0.318. The third-order valence-electron chi connectivity index (χ3n) is 5.72. The molecule has 2 aromatic rings. The molecule has 3 aliphatic rings. The van der Waals surface area contributed by atoms with Gasteiger partial charge in [-0.3, -0.25) is 14.7 Å². The molecule has 2 unspecified atom stereocenters. The van der Waals surface area contributed by atoms with Gasteiger partial charge in [-0.2, -0.15) is 5.10 Å². The van der Waals surface area contributed by atoms with Gasteiger partial charge in [-0.25, -0.2) is 4.52 Å². The minimum atomic E-state index is 0.0311. The van der Waals surface area contributed by atoms with Gasteiger partial charge in [0.25, 0.3) is 5.91 Å². The number of rotatable bonds is 3. The highest BCUT2D eigenvalue weighted by atomic mass is 31.1. The molecule has 0 radical (unpaired) electrons. The monoisotopic (exact) mass is 405 g/mol. The summed E-state index contributed by atoms with van der Waals surface area (Å²) < 4.78 is 1.84. The minimum absolute atomic E-state index is 0.0311. The van der Waals surface area contributed by atoms with E-state index in [4.69, 9.17) is 0 Å². The van der Waals surface area contributed by atoms with Crippen LogP contribution >= 0.6 is 8.58 Å². The van der Waals surface area contributed by atoms with E-state index in [1.54, 1.807) is 6.08 Å². The van der Waals surface area contributed by atoms with Crippen molar-refractivity contribution in [1.29, 1.82) is 0 Å². The van der Waals surface area contributed by atoms with Gasteiger partial charge in [0, 0.05) is 30.7 Å². The summed E-state index contributed by atoms with van der Waals surface area (Å²) in [7, 11) is 0.473. The van der Waals surface area contributed by atoms with E-state index in [9.17, 15) is 4.79 Å². The Balaban J connectivity index is 1.40. The zero-order valence-corrected chi connectivity index (χ0v) is 17.7. The van der Waals surface area contributed by atoms with Gasteiger partial charge in [0.05, 0.1) is 35.1 Å². The number of hydrogen-bond donors (Lipinski definition) is 0. The number of nitrogens with zero attached hydrogens (tertiary/aromatic N) is 5. The second-order valence-electron chi connectivity index (χ2n) is 7.64. The van der Waals surface area contributed by atoms with Crippen molar-refractivity contribution in [3.63, 3.8) is 0 Å². The van der Waals surface area contributed by atoms with Crippen LogP contribution in [0.3, 0.4) is 0 Å². The van der Waals surface area contributed by atoms with Crippen molar-refractivity contribution in [3.05, 3.63) is 71.5 Å². The molecule has 148 valence electrons. The van der Waals surface area contributed by atoms with Gasteiger partial charge in [0.2, 0.25) is 0 Å². The Labute approximate surface area is 172 Å². The van der Waals surface area contributed by atoms with Crippen molar-refractivity contribution in [2.45, 2.75) is 26.1 Å². The molecule has 0 saturated carbocycles. The van der Waals surface area contributed by atoms with E-state index >= 15 is 0 Å². The van der Waals surface area contributed by atoms with Crippen LogP contribution in [0.5, 0.6) is 0 Å². The number of allylic oxidation sites excluding steroid dienone is 2. The first-order valence-corrected chi connectivity index (χ1v) is 11.1. The van der Waals surface area contributed by atoms with Crippen molar-refractivity contribution in [2.24, 2.45) is 0 Å². The van der Waals surface area contributed by atoms with Gasteiger partial charge in [0.15, 0.2) is 0 Å². The zero-order valence-electron chi connectivity index (χ0n) is 16.7. The van der Waals surface area contributed by atoms with Crippen LogP contribution < -0.4 is 0 Å². The summed E-state index contributed by atoms with van der Waals surface area (Å²) >= 11 is 0. The number of fused-ring (bicyclic) bond motifs is 2. The molecule has 0 aromatic carbocycles. The molecular weight excluding hydrogens is 381 g/mol. The van der Waals surface area contributed by atoms with Crippen molar-refractivity contribution >= 4 is 25.3 Å². The second kappa shape index (κ2) is 7.36. The standard InChI is InChI=1S/C22H24N5OP/c1-3-25-8-6-16(7-9-25)17-4-5-22-26(14-17)21(28)11-20(29-22)19-10-18-12-23-15(2)13-27(18)24-19/h4-6,10-14,22,29H,3,7-9H2,1-2H3. The predicted molar refractivity (Wildman–Crippen MR) is 117 cm³/mol. The lowest BCUT2D eigenvalue weighted by atomic mass is 9.98. The Morgan fingerprint density at radius 1 is 1.34 bits per heavy atom. The molecule has 5 heterocycles. The third kappa shape index (κ3) is 3.47. The Kier molecular flexibility index (Phi) is 4.69. The molecule has 5 rings (SSSR count). The van der Waals surface area contributed by atoms with E-state index in [0.29, 0.717) is 8.58 Å². The van der Waals surface area contributed by atoms with Crippen molar-refractivity contribution < 1.29 is 4.79 Å². The van der Waals surface area contributed by atoms with Crippen LogP contribution in [0.4, 0.5) is 0 Å². The molecule has 29 heavy (non-hydrogen) atoms. The number of amides is 1.